The molecule has 0 saturated carbocycles. The number of rotatable bonds is 5. The molecule has 2 aliphatic rings. The molecule has 1 aromatic rings. The summed E-state index contributed by atoms with van der Waals surface area (Å²) in [6.45, 7) is 4.33. The van der Waals surface area contributed by atoms with E-state index in [1.807, 2.05) is 28.8 Å². The lowest BCUT2D eigenvalue weighted by atomic mass is 10.0. The van der Waals surface area contributed by atoms with E-state index in [2.05, 4.69) is 26.0 Å². The molecular formula is C19H27NO3S2. The monoisotopic (exact) mass is 381 g/mol. The maximum atomic E-state index is 12.8. The van der Waals surface area contributed by atoms with Crippen molar-refractivity contribution in [1.29, 1.82) is 0 Å². The topological polar surface area (TPSA) is 54.5 Å². The van der Waals surface area contributed by atoms with Crippen LogP contribution >= 0.6 is 11.8 Å². The Kier molecular flexibility index (Phi) is 5.49. The van der Waals surface area contributed by atoms with Crippen LogP contribution in [0.4, 0.5) is 0 Å². The Balaban J connectivity index is 1.64. The highest BCUT2D eigenvalue weighted by Gasteiger charge is 2.45. The predicted molar refractivity (Wildman–Crippen MR) is 103 cm³/mol. The van der Waals surface area contributed by atoms with Crippen molar-refractivity contribution >= 4 is 27.5 Å². The summed E-state index contributed by atoms with van der Waals surface area (Å²) in [5, 5.41) is 0.264. The van der Waals surface area contributed by atoms with Crippen molar-refractivity contribution in [1.82, 2.24) is 4.90 Å². The van der Waals surface area contributed by atoms with Crippen molar-refractivity contribution < 1.29 is 13.2 Å². The molecular weight excluding hydrogens is 354 g/mol. The van der Waals surface area contributed by atoms with Gasteiger partial charge in [-0.2, -0.15) is 0 Å². The molecule has 2 saturated heterocycles. The summed E-state index contributed by atoms with van der Waals surface area (Å²) in [5.74, 6) is 0.142. The second kappa shape index (κ2) is 7.31. The number of hydrogen-bond donors (Lipinski definition) is 0. The van der Waals surface area contributed by atoms with Crippen molar-refractivity contribution in [2.75, 3.05) is 6.26 Å². The van der Waals surface area contributed by atoms with Crippen LogP contribution < -0.4 is 0 Å². The predicted octanol–water partition coefficient (Wildman–Crippen LogP) is 3.30. The highest BCUT2D eigenvalue weighted by molar-refractivity contribution is 7.99. The maximum absolute atomic E-state index is 12.8. The van der Waals surface area contributed by atoms with Crippen LogP contribution in [0, 0.1) is 0 Å². The summed E-state index contributed by atoms with van der Waals surface area (Å²) in [6.07, 6.45) is 4.81. The van der Waals surface area contributed by atoms with Gasteiger partial charge in [-0.1, -0.05) is 26.0 Å². The summed E-state index contributed by atoms with van der Waals surface area (Å²) >= 11 is 1.82. The van der Waals surface area contributed by atoms with E-state index in [4.69, 9.17) is 0 Å². The number of nitrogens with zero attached hydrogens (tertiary/aromatic N) is 1. The second-order valence-corrected chi connectivity index (χ2v) is 11.6. The highest BCUT2D eigenvalue weighted by Crippen LogP contribution is 2.38. The fraction of sp³-hybridized carbons (Fsp3) is 0.632. The molecule has 2 bridgehead atoms. The van der Waals surface area contributed by atoms with Crippen LogP contribution in [0.3, 0.4) is 0 Å². The number of fused-ring (bicyclic) bond motifs is 2. The van der Waals surface area contributed by atoms with Gasteiger partial charge in [-0.05, 0) is 43.4 Å². The summed E-state index contributed by atoms with van der Waals surface area (Å²) in [4.78, 5) is 16.0. The molecule has 2 unspecified atom stereocenters. The molecule has 25 heavy (non-hydrogen) atoms. The number of carbonyl (C=O) groups excluding carboxylic acids is 1. The zero-order chi connectivity index (χ0) is 18.2. The molecule has 0 aromatic heterocycles. The summed E-state index contributed by atoms with van der Waals surface area (Å²) in [5.41, 5.74) is 1.03. The minimum Gasteiger partial charge on any atom is -0.336 e. The van der Waals surface area contributed by atoms with Crippen molar-refractivity contribution in [3.63, 3.8) is 0 Å². The standard InChI is InChI=1S/C19H27NO3S2/c1-13(2)24-17-8-4-14(5-9-17)10-19(21)20-15-6-7-16(20)12-18(11-15)25(3,22)23/h4-5,8-9,13,15-16,18H,6-7,10-12H2,1-3H3. The Bertz CT molecular complexity index is 714. The molecule has 2 aliphatic heterocycles. The summed E-state index contributed by atoms with van der Waals surface area (Å²) in [7, 11) is -3.01. The third kappa shape index (κ3) is 4.40. The van der Waals surface area contributed by atoms with E-state index in [-0.39, 0.29) is 23.2 Å². The molecule has 0 radical (unpaired) electrons. The lowest BCUT2D eigenvalue weighted by molar-refractivity contribution is -0.134. The number of amides is 1. The Morgan fingerprint density at radius 3 is 2.20 bits per heavy atom. The fourth-order valence-corrected chi connectivity index (χ4v) is 6.09. The normalized spacial score (nSPS) is 26.2. The van der Waals surface area contributed by atoms with Crippen LogP contribution in [0.2, 0.25) is 0 Å². The third-order valence-corrected chi connectivity index (χ3v) is 7.85. The Hall–Kier alpha value is -1.01. The van der Waals surface area contributed by atoms with Gasteiger partial charge in [0.2, 0.25) is 5.91 Å². The first-order valence-corrected chi connectivity index (χ1v) is 11.8. The number of benzene rings is 1. The molecule has 2 atom stereocenters. The summed E-state index contributed by atoms with van der Waals surface area (Å²) < 4.78 is 23.8. The van der Waals surface area contributed by atoms with Crippen LogP contribution in [0.15, 0.2) is 29.2 Å². The highest BCUT2D eigenvalue weighted by atomic mass is 32.2. The van der Waals surface area contributed by atoms with E-state index in [1.54, 1.807) is 0 Å². The van der Waals surface area contributed by atoms with Gasteiger partial charge in [0, 0.05) is 28.5 Å². The van der Waals surface area contributed by atoms with E-state index < -0.39 is 9.84 Å². The first-order chi connectivity index (χ1) is 11.7. The molecule has 0 N–H and O–H groups in total. The fourth-order valence-electron chi connectivity index (χ4n) is 4.11. The molecule has 2 fully saturated rings. The first kappa shape index (κ1) is 18.8. The third-order valence-electron chi connectivity index (χ3n) is 5.23. The number of thioether (sulfide) groups is 1. The molecule has 3 rings (SSSR count). The smallest absolute Gasteiger partial charge is 0.227 e. The van der Waals surface area contributed by atoms with Gasteiger partial charge in [0.25, 0.3) is 0 Å². The van der Waals surface area contributed by atoms with Gasteiger partial charge in [0.05, 0.1) is 11.7 Å². The van der Waals surface area contributed by atoms with Gasteiger partial charge in [-0.15, -0.1) is 11.8 Å². The van der Waals surface area contributed by atoms with Crippen LogP contribution in [0.1, 0.15) is 45.1 Å². The number of hydrogen-bond acceptors (Lipinski definition) is 4. The van der Waals surface area contributed by atoms with Crippen LogP contribution in [0.5, 0.6) is 0 Å². The minimum atomic E-state index is -3.01. The molecule has 6 heteroatoms. The van der Waals surface area contributed by atoms with Crippen molar-refractivity contribution in [3.05, 3.63) is 29.8 Å². The molecule has 0 spiro atoms. The van der Waals surface area contributed by atoms with E-state index in [1.165, 1.54) is 11.2 Å². The molecule has 0 aliphatic carbocycles. The molecule has 138 valence electrons. The number of carbonyl (C=O) groups is 1. The van der Waals surface area contributed by atoms with Crippen molar-refractivity contribution in [3.8, 4) is 0 Å². The first-order valence-electron chi connectivity index (χ1n) is 8.99. The Morgan fingerprint density at radius 1 is 1.16 bits per heavy atom. The lowest BCUT2D eigenvalue weighted by Gasteiger charge is -2.38. The zero-order valence-corrected chi connectivity index (χ0v) is 16.8. The van der Waals surface area contributed by atoms with Gasteiger partial charge in [0.15, 0.2) is 0 Å². The average molecular weight is 382 g/mol. The molecule has 4 nitrogen and oxygen atoms in total. The van der Waals surface area contributed by atoms with Crippen molar-refractivity contribution in [2.45, 2.75) is 73.4 Å². The van der Waals surface area contributed by atoms with Gasteiger partial charge >= 0.3 is 0 Å². The van der Waals surface area contributed by atoms with Crippen LogP contribution in [-0.4, -0.2) is 48.1 Å². The largest absolute Gasteiger partial charge is 0.336 e. The number of piperidine rings is 1. The van der Waals surface area contributed by atoms with E-state index in [0.717, 1.165) is 18.4 Å². The molecule has 1 aromatic carbocycles. The van der Waals surface area contributed by atoms with E-state index in [9.17, 15) is 13.2 Å². The van der Waals surface area contributed by atoms with Gasteiger partial charge in [-0.25, -0.2) is 8.42 Å². The lowest BCUT2D eigenvalue weighted by Crippen LogP contribution is -2.50. The average Bonchev–Trinajstić information content (AvgIpc) is 2.78. The van der Waals surface area contributed by atoms with Gasteiger partial charge in [0.1, 0.15) is 9.84 Å². The maximum Gasteiger partial charge on any atom is 0.227 e. The SMILES string of the molecule is CC(C)Sc1ccc(CC(=O)N2C3CCC2CC(S(C)(=O)=O)C3)cc1. The zero-order valence-electron chi connectivity index (χ0n) is 15.1. The second-order valence-electron chi connectivity index (χ2n) is 7.60. The quantitative estimate of drug-likeness (QED) is 0.735. The Morgan fingerprint density at radius 2 is 1.72 bits per heavy atom. The minimum absolute atomic E-state index is 0.0988. The van der Waals surface area contributed by atoms with Crippen LogP contribution in [0.25, 0.3) is 0 Å². The van der Waals surface area contributed by atoms with Crippen molar-refractivity contribution in [2.24, 2.45) is 0 Å². The van der Waals surface area contributed by atoms with Crippen LogP contribution in [-0.2, 0) is 21.1 Å². The van der Waals surface area contributed by atoms with E-state index in [0.29, 0.717) is 24.5 Å². The summed E-state index contributed by atoms with van der Waals surface area (Å²) in [6, 6.07) is 8.43. The van der Waals surface area contributed by atoms with E-state index >= 15 is 0 Å². The molecule has 2 heterocycles. The van der Waals surface area contributed by atoms with Gasteiger partial charge < -0.3 is 4.90 Å². The number of sulfone groups is 1. The Labute approximate surface area is 155 Å². The van der Waals surface area contributed by atoms with Gasteiger partial charge in [-0.3, -0.25) is 4.79 Å². The molecule has 1 amide bonds.